The molecule has 0 aliphatic rings. The van der Waals surface area contributed by atoms with Crippen LogP contribution in [0.1, 0.15) is 23.4 Å². The molecule has 0 spiro atoms. The molecule has 0 aliphatic heterocycles. The van der Waals surface area contributed by atoms with E-state index in [0.717, 1.165) is 23.4 Å². The maximum absolute atomic E-state index is 12.3. The number of aliphatic imine (C=N–C) groups is 1. The van der Waals surface area contributed by atoms with Crippen LogP contribution in [0, 0.1) is 20.8 Å². The largest absolute Gasteiger partial charge is 0.385 e. The zero-order valence-corrected chi connectivity index (χ0v) is 16.2. The fraction of sp³-hybridized carbons (Fsp3) is 0.368. The Labute approximate surface area is 159 Å². The van der Waals surface area contributed by atoms with Crippen LogP contribution in [0.5, 0.6) is 0 Å². The number of urea groups is 1. The smallest absolute Gasteiger partial charge is 0.326 e. The molecule has 1 aromatic carbocycles. The summed E-state index contributed by atoms with van der Waals surface area (Å²) in [4.78, 5) is 25.3. The second-order valence-corrected chi connectivity index (χ2v) is 6.12. The number of carbonyl (C=O) groups excluding carboxylic acids is 1. The van der Waals surface area contributed by atoms with Crippen LogP contribution >= 0.6 is 0 Å². The Morgan fingerprint density at radius 1 is 1.07 bits per heavy atom. The van der Waals surface area contributed by atoms with Gasteiger partial charge in [-0.3, -0.25) is 15.6 Å². The van der Waals surface area contributed by atoms with Crippen LogP contribution in [0.25, 0.3) is 0 Å². The van der Waals surface area contributed by atoms with Crippen molar-refractivity contribution < 1.29 is 9.53 Å². The number of benzene rings is 1. The highest BCUT2D eigenvalue weighted by molar-refractivity contribution is 6.06. The Kier molecular flexibility index (Phi) is 7.69. The molecule has 3 N–H and O–H groups in total. The molecule has 8 heteroatoms. The monoisotopic (exact) mass is 370 g/mol. The van der Waals surface area contributed by atoms with Crippen molar-refractivity contribution in [2.24, 2.45) is 4.99 Å². The number of ether oxygens (including phenoxy) is 1. The summed E-state index contributed by atoms with van der Waals surface area (Å²) in [5, 5.41) is 8.46. The van der Waals surface area contributed by atoms with E-state index in [4.69, 9.17) is 4.74 Å². The number of hydrogen-bond donors (Lipinski definition) is 3. The lowest BCUT2D eigenvalue weighted by molar-refractivity contribution is 0.197. The number of methoxy groups -OCH3 is 1. The summed E-state index contributed by atoms with van der Waals surface area (Å²) in [7, 11) is 1.64. The summed E-state index contributed by atoms with van der Waals surface area (Å²) in [6.45, 7) is 6.83. The number of rotatable bonds is 6. The van der Waals surface area contributed by atoms with Gasteiger partial charge >= 0.3 is 6.03 Å². The number of hydrogen-bond acceptors (Lipinski definition) is 5. The first-order chi connectivity index (χ1) is 13.0. The first-order valence-electron chi connectivity index (χ1n) is 8.73. The van der Waals surface area contributed by atoms with E-state index in [1.165, 1.54) is 0 Å². The van der Waals surface area contributed by atoms with E-state index in [-0.39, 0.29) is 5.96 Å². The second kappa shape index (κ2) is 10.2. The van der Waals surface area contributed by atoms with Gasteiger partial charge in [0.2, 0.25) is 11.9 Å². The molecule has 2 rings (SSSR count). The topological polar surface area (TPSA) is 101 Å². The molecule has 2 amide bonds. The minimum Gasteiger partial charge on any atom is -0.385 e. The maximum Gasteiger partial charge on any atom is 0.326 e. The SMILES string of the molecule is COCCCN=C(NC(=O)Nc1ccc(C)cc1)Nc1nc(C)cc(C)n1. The molecule has 144 valence electrons. The number of anilines is 2. The van der Waals surface area contributed by atoms with Gasteiger partial charge in [-0.15, -0.1) is 0 Å². The van der Waals surface area contributed by atoms with E-state index in [2.05, 4.69) is 30.9 Å². The summed E-state index contributed by atoms with van der Waals surface area (Å²) in [6.07, 6.45) is 0.733. The van der Waals surface area contributed by atoms with Gasteiger partial charge in [0, 0.05) is 37.3 Å². The van der Waals surface area contributed by atoms with Gasteiger partial charge in [-0.25, -0.2) is 14.8 Å². The number of guanidine groups is 1. The van der Waals surface area contributed by atoms with Gasteiger partial charge in [0.1, 0.15) is 0 Å². The quantitative estimate of drug-likeness (QED) is 0.412. The van der Waals surface area contributed by atoms with Crippen molar-refractivity contribution in [1.82, 2.24) is 15.3 Å². The van der Waals surface area contributed by atoms with Crippen molar-refractivity contribution in [3.05, 3.63) is 47.3 Å². The van der Waals surface area contributed by atoms with Crippen LogP contribution in [0.3, 0.4) is 0 Å². The first kappa shape index (κ1) is 20.3. The number of nitrogens with one attached hydrogen (secondary N) is 3. The Hall–Kier alpha value is -3.00. The molecule has 0 bridgehead atoms. The highest BCUT2D eigenvalue weighted by Crippen LogP contribution is 2.08. The molecule has 0 aliphatic carbocycles. The third-order valence-electron chi connectivity index (χ3n) is 3.53. The Morgan fingerprint density at radius 3 is 2.37 bits per heavy atom. The lowest BCUT2D eigenvalue weighted by atomic mass is 10.2. The number of aromatic nitrogens is 2. The molecule has 0 saturated heterocycles. The van der Waals surface area contributed by atoms with E-state index in [0.29, 0.717) is 24.8 Å². The molecule has 0 fully saturated rings. The highest BCUT2D eigenvalue weighted by Gasteiger charge is 2.09. The van der Waals surface area contributed by atoms with E-state index in [9.17, 15) is 4.79 Å². The molecular formula is C19H26N6O2. The van der Waals surface area contributed by atoms with Gasteiger partial charge in [-0.2, -0.15) is 0 Å². The molecule has 0 saturated carbocycles. The third kappa shape index (κ3) is 7.41. The van der Waals surface area contributed by atoms with Crippen molar-refractivity contribution >= 4 is 23.6 Å². The highest BCUT2D eigenvalue weighted by atomic mass is 16.5. The molecule has 0 atom stereocenters. The van der Waals surface area contributed by atoms with E-state index >= 15 is 0 Å². The van der Waals surface area contributed by atoms with E-state index in [1.54, 1.807) is 7.11 Å². The number of amides is 2. The summed E-state index contributed by atoms with van der Waals surface area (Å²) in [5.74, 6) is 0.661. The van der Waals surface area contributed by atoms with Gasteiger partial charge in [-0.1, -0.05) is 17.7 Å². The molecular weight excluding hydrogens is 344 g/mol. The van der Waals surface area contributed by atoms with Crippen molar-refractivity contribution in [3.63, 3.8) is 0 Å². The zero-order chi connectivity index (χ0) is 19.6. The molecule has 1 aromatic heterocycles. The Bertz CT molecular complexity index is 769. The maximum atomic E-state index is 12.3. The summed E-state index contributed by atoms with van der Waals surface area (Å²) in [6, 6.07) is 9.00. The minimum atomic E-state index is -0.402. The number of nitrogens with zero attached hydrogens (tertiary/aromatic N) is 3. The second-order valence-electron chi connectivity index (χ2n) is 6.12. The fourth-order valence-corrected chi connectivity index (χ4v) is 2.30. The van der Waals surface area contributed by atoms with Crippen molar-refractivity contribution in [1.29, 1.82) is 0 Å². The van der Waals surface area contributed by atoms with Crippen LogP contribution in [0.4, 0.5) is 16.4 Å². The van der Waals surface area contributed by atoms with Crippen LogP contribution in [-0.4, -0.2) is 42.2 Å². The summed E-state index contributed by atoms with van der Waals surface area (Å²) < 4.78 is 5.03. The van der Waals surface area contributed by atoms with Gasteiger partial charge in [-0.05, 0) is 45.4 Å². The lowest BCUT2D eigenvalue weighted by Crippen LogP contribution is -2.39. The van der Waals surface area contributed by atoms with Gasteiger partial charge in [0.15, 0.2) is 0 Å². The zero-order valence-electron chi connectivity index (χ0n) is 16.2. The Morgan fingerprint density at radius 2 is 1.74 bits per heavy atom. The van der Waals surface area contributed by atoms with Crippen molar-refractivity contribution in [3.8, 4) is 0 Å². The molecule has 1 heterocycles. The van der Waals surface area contributed by atoms with Crippen LogP contribution in [0.2, 0.25) is 0 Å². The van der Waals surface area contributed by atoms with Gasteiger partial charge in [0.05, 0.1) is 0 Å². The third-order valence-corrected chi connectivity index (χ3v) is 3.53. The molecule has 27 heavy (non-hydrogen) atoms. The molecule has 0 unspecified atom stereocenters. The number of aryl methyl sites for hydroxylation is 3. The molecule has 0 radical (unpaired) electrons. The number of carbonyl (C=O) groups is 1. The predicted molar refractivity (Wildman–Crippen MR) is 107 cm³/mol. The van der Waals surface area contributed by atoms with Crippen LogP contribution in [0.15, 0.2) is 35.3 Å². The first-order valence-corrected chi connectivity index (χ1v) is 8.73. The fourth-order valence-electron chi connectivity index (χ4n) is 2.30. The van der Waals surface area contributed by atoms with E-state index < -0.39 is 6.03 Å². The average molecular weight is 370 g/mol. The Balaban J connectivity index is 2.06. The average Bonchev–Trinajstić information content (AvgIpc) is 2.59. The summed E-state index contributed by atoms with van der Waals surface area (Å²) >= 11 is 0. The van der Waals surface area contributed by atoms with Crippen LogP contribution in [-0.2, 0) is 4.74 Å². The lowest BCUT2D eigenvalue weighted by Gasteiger charge is -2.12. The van der Waals surface area contributed by atoms with E-state index in [1.807, 2.05) is 51.1 Å². The normalized spacial score (nSPS) is 11.2. The van der Waals surface area contributed by atoms with Crippen molar-refractivity contribution in [2.45, 2.75) is 27.2 Å². The van der Waals surface area contributed by atoms with Gasteiger partial charge in [0.25, 0.3) is 0 Å². The van der Waals surface area contributed by atoms with Crippen LogP contribution < -0.4 is 16.0 Å². The standard InChI is InChI=1S/C19H26N6O2/c1-13-6-8-16(9-7-13)23-19(26)25-17(20-10-5-11-27-4)24-18-21-14(2)12-15(3)22-18/h6-9,12H,5,10-11H2,1-4H3,(H3,20,21,22,23,24,25,26). The molecule has 2 aromatic rings. The minimum absolute atomic E-state index is 0.278. The summed E-state index contributed by atoms with van der Waals surface area (Å²) in [5.41, 5.74) is 3.47. The van der Waals surface area contributed by atoms with Crippen molar-refractivity contribution in [2.75, 3.05) is 30.9 Å². The molecule has 8 nitrogen and oxygen atoms in total. The van der Waals surface area contributed by atoms with Gasteiger partial charge < -0.3 is 10.1 Å². The predicted octanol–water partition coefficient (Wildman–Crippen LogP) is 3.03.